The molecule has 0 spiro atoms. The second-order valence-electron chi connectivity index (χ2n) is 4.27. The van der Waals surface area contributed by atoms with Crippen LogP contribution in [0.3, 0.4) is 0 Å². The molecule has 0 radical (unpaired) electrons. The van der Waals surface area contributed by atoms with Gasteiger partial charge >= 0.3 is 0 Å². The van der Waals surface area contributed by atoms with Gasteiger partial charge in [-0.15, -0.1) is 0 Å². The maximum absolute atomic E-state index is 12.5. The van der Waals surface area contributed by atoms with Crippen molar-refractivity contribution in [2.75, 3.05) is 14.2 Å². The molecule has 0 amide bonds. The highest BCUT2D eigenvalue weighted by atomic mass is 79.9. The van der Waals surface area contributed by atoms with Crippen molar-refractivity contribution < 1.29 is 14.3 Å². The predicted octanol–water partition coefficient (Wildman–Crippen LogP) is 3.89. The fourth-order valence-electron chi connectivity index (χ4n) is 1.98. The van der Waals surface area contributed by atoms with Gasteiger partial charge in [0.25, 0.3) is 0 Å². The number of halogens is 1. The zero-order chi connectivity index (χ0) is 14.5. The van der Waals surface area contributed by atoms with Crippen LogP contribution in [0, 0.1) is 0 Å². The van der Waals surface area contributed by atoms with Crippen LogP contribution in [0.25, 0.3) is 0 Å². The summed E-state index contributed by atoms with van der Waals surface area (Å²) in [5.41, 5.74) is 1.51. The summed E-state index contributed by atoms with van der Waals surface area (Å²) in [5.74, 6) is 1.16. The number of Topliss-reactive ketones (excluding diaryl/α,β-unsaturated/α-hetero) is 1. The monoisotopic (exact) mass is 334 g/mol. The summed E-state index contributed by atoms with van der Waals surface area (Å²) in [5, 5.41) is 0. The second kappa shape index (κ2) is 6.57. The summed E-state index contributed by atoms with van der Waals surface area (Å²) in [6.07, 6.45) is 0.335. The number of methoxy groups -OCH3 is 2. The first kappa shape index (κ1) is 14.6. The molecular formula is C16H15BrO3. The van der Waals surface area contributed by atoms with E-state index in [1.165, 1.54) is 0 Å². The van der Waals surface area contributed by atoms with Gasteiger partial charge in [0, 0.05) is 17.0 Å². The molecule has 2 rings (SSSR count). The Hall–Kier alpha value is -1.81. The van der Waals surface area contributed by atoms with Gasteiger partial charge in [0.2, 0.25) is 0 Å². The SMILES string of the molecule is COc1cc(Br)c(C(=O)Cc2ccccc2)c(OC)c1. The largest absolute Gasteiger partial charge is 0.497 e. The Bertz CT molecular complexity index is 609. The zero-order valence-corrected chi connectivity index (χ0v) is 12.9. The topological polar surface area (TPSA) is 35.5 Å². The fraction of sp³-hybridized carbons (Fsp3) is 0.188. The lowest BCUT2D eigenvalue weighted by Crippen LogP contribution is -2.07. The van der Waals surface area contributed by atoms with Crippen LogP contribution in [0.5, 0.6) is 11.5 Å². The molecule has 3 nitrogen and oxygen atoms in total. The Morgan fingerprint density at radius 1 is 1.10 bits per heavy atom. The molecule has 0 aliphatic heterocycles. The Morgan fingerprint density at radius 3 is 2.40 bits per heavy atom. The van der Waals surface area contributed by atoms with Crippen LogP contribution in [0.2, 0.25) is 0 Å². The first-order chi connectivity index (χ1) is 9.65. The van der Waals surface area contributed by atoms with Gasteiger partial charge in [0.1, 0.15) is 11.5 Å². The minimum Gasteiger partial charge on any atom is -0.497 e. The van der Waals surface area contributed by atoms with Crippen molar-refractivity contribution in [2.45, 2.75) is 6.42 Å². The highest BCUT2D eigenvalue weighted by Gasteiger charge is 2.18. The third kappa shape index (κ3) is 3.20. The lowest BCUT2D eigenvalue weighted by Gasteiger charge is -2.12. The molecule has 0 aliphatic carbocycles. The molecule has 20 heavy (non-hydrogen) atoms. The van der Waals surface area contributed by atoms with E-state index < -0.39 is 0 Å². The van der Waals surface area contributed by atoms with E-state index in [0.717, 1.165) is 5.56 Å². The number of benzene rings is 2. The third-order valence-electron chi connectivity index (χ3n) is 2.97. The van der Waals surface area contributed by atoms with Crippen LogP contribution in [0.4, 0.5) is 0 Å². The van der Waals surface area contributed by atoms with E-state index in [1.54, 1.807) is 26.4 Å². The van der Waals surface area contributed by atoms with Crippen LogP contribution in [0.1, 0.15) is 15.9 Å². The van der Waals surface area contributed by atoms with Crippen molar-refractivity contribution >= 4 is 21.7 Å². The Labute approximate surface area is 126 Å². The van der Waals surface area contributed by atoms with Crippen molar-refractivity contribution in [2.24, 2.45) is 0 Å². The number of rotatable bonds is 5. The summed E-state index contributed by atoms with van der Waals surface area (Å²) >= 11 is 3.41. The minimum absolute atomic E-state index is 0.00239. The molecule has 0 fully saturated rings. The van der Waals surface area contributed by atoms with Gasteiger partial charge in [-0.3, -0.25) is 4.79 Å². The molecule has 0 aliphatic rings. The third-order valence-corrected chi connectivity index (χ3v) is 3.59. The quantitative estimate of drug-likeness (QED) is 0.778. The van der Waals surface area contributed by atoms with E-state index in [2.05, 4.69) is 15.9 Å². The van der Waals surface area contributed by atoms with Crippen molar-refractivity contribution in [3.63, 3.8) is 0 Å². The van der Waals surface area contributed by atoms with Crippen LogP contribution in [0.15, 0.2) is 46.9 Å². The molecule has 0 saturated heterocycles. The highest BCUT2D eigenvalue weighted by Crippen LogP contribution is 2.33. The molecule has 2 aromatic carbocycles. The summed E-state index contributed by atoms with van der Waals surface area (Å²) in [4.78, 5) is 12.5. The van der Waals surface area contributed by atoms with Gasteiger partial charge in [-0.25, -0.2) is 0 Å². The average Bonchev–Trinajstić information content (AvgIpc) is 2.47. The molecule has 4 heteroatoms. The number of ether oxygens (including phenoxy) is 2. The average molecular weight is 335 g/mol. The summed E-state index contributed by atoms with van der Waals surface area (Å²) < 4.78 is 11.1. The van der Waals surface area contributed by atoms with Crippen LogP contribution in [-0.2, 0) is 6.42 Å². The fourth-order valence-corrected chi connectivity index (χ4v) is 2.62. The van der Waals surface area contributed by atoms with Gasteiger partial charge in [-0.2, -0.15) is 0 Å². The van der Waals surface area contributed by atoms with E-state index in [9.17, 15) is 4.79 Å². The zero-order valence-electron chi connectivity index (χ0n) is 11.4. The minimum atomic E-state index is 0.00239. The second-order valence-corrected chi connectivity index (χ2v) is 5.13. The van der Waals surface area contributed by atoms with Crippen molar-refractivity contribution in [1.29, 1.82) is 0 Å². The highest BCUT2D eigenvalue weighted by molar-refractivity contribution is 9.10. The molecule has 0 saturated carbocycles. The lowest BCUT2D eigenvalue weighted by molar-refractivity contribution is 0.0989. The van der Waals surface area contributed by atoms with Crippen LogP contribution >= 0.6 is 15.9 Å². The Balaban J connectivity index is 2.34. The number of carbonyl (C=O) groups is 1. The molecule has 0 N–H and O–H groups in total. The van der Waals surface area contributed by atoms with Gasteiger partial charge in [-0.05, 0) is 27.6 Å². The molecular weight excluding hydrogens is 320 g/mol. The molecule has 0 unspecified atom stereocenters. The van der Waals surface area contributed by atoms with Crippen molar-refractivity contribution in [3.8, 4) is 11.5 Å². The van der Waals surface area contributed by atoms with Gasteiger partial charge in [0.15, 0.2) is 5.78 Å². The summed E-state index contributed by atoms with van der Waals surface area (Å²) in [6.45, 7) is 0. The van der Waals surface area contributed by atoms with Crippen LogP contribution in [-0.4, -0.2) is 20.0 Å². The number of ketones is 1. The Kier molecular flexibility index (Phi) is 4.79. The Morgan fingerprint density at radius 2 is 1.80 bits per heavy atom. The molecule has 0 atom stereocenters. The smallest absolute Gasteiger partial charge is 0.172 e. The maximum Gasteiger partial charge on any atom is 0.172 e. The molecule has 2 aromatic rings. The van der Waals surface area contributed by atoms with Crippen molar-refractivity contribution in [3.05, 3.63) is 58.1 Å². The van der Waals surface area contributed by atoms with E-state index in [-0.39, 0.29) is 5.78 Å². The van der Waals surface area contributed by atoms with Gasteiger partial charge in [0.05, 0.1) is 19.8 Å². The standard InChI is InChI=1S/C16H15BrO3/c1-19-12-9-13(17)16(15(10-12)20-2)14(18)8-11-6-4-3-5-7-11/h3-7,9-10H,8H2,1-2H3. The van der Waals surface area contributed by atoms with E-state index in [0.29, 0.717) is 28.0 Å². The summed E-state index contributed by atoms with van der Waals surface area (Å²) in [7, 11) is 3.12. The summed E-state index contributed by atoms with van der Waals surface area (Å²) in [6, 6.07) is 13.1. The van der Waals surface area contributed by atoms with Crippen molar-refractivity contribution in [1.82, 2.24) is 0 Å². The predicted molar refractivity (Wildman–Crippen MR) is 81.7 cm³/mol. The van der Waals surface area contributed by atoms with Gasteiger partial charge in [-0.1, -0.05) is 30.3 Å². The maximum atomic E-state index is 12.5. The first-order valence-electron chi connectivity index (χ1n) is 6.14. The molecule has 104 valence electrons. The van der Waals surface area contributed by atoms with E-state index >= 15 is 0 Å². The van der Waals surface area contributed by atoms with E-state index in [1.807, 2.05) is 30.3 Å². The molecule has 0 bridgehead atoms. The van der Waals surface area contributed by atoms with Gasteiger partial charge < -0.3 is 9.47 Å². The number of hydrogen-bond donors (Lipinski definition) is 0. The molecule has 0 aromatic heterocycles. The lowest BCUT2D eigenvalue weighted by atomic mass is 10.0. The normalized spacial score (nSPS) is 10.2. The van der Waals surface area contributed by atoms with Crippen LogP contribution < -0.4 is 9.47 Å². The molecule has 0 heterocycles. The number of carbonyl (C=O) groups excluding carboxylic acids is 1. The first-order valence-corrected chi connectivity index (χ1v) is 6.93. The number of hydrogen-bond acceptors (Lipinski definition) is 3. The van der Waals surface area contributed by atoms with E-state index in [4.69, 9.17) is 9.47 Å².